The van der Waals surface area contributed by atoms with Gasteiger partial charge in [-0.3, -0.25) is 9.69 Å². The number of nitrogens with one attached hydrogen (secondary N) is 1. The number of hydrogen-bond acceptors (Lipinski definition) is 8. The van der Waals surface area contributed by atoms with Crippen LogP contribution in [-0.2, 0) is 27.6 Å². The molecule has 1 fully saturated rings. The second-order valence-electron chi connectivity index (χ2n) is 11.3. The molecule has 0 spiro atoms. The molecule has 2 aromatic heterocycles. The van der Waals surface area contributed by atoms with Crippen LogP contribution >= 0.6 is 0 Å². The average Bonchev–Trinajstić information content (AvgIpc) is 3.36. The Morgan fingerprint density at radius 1 is 1.02 bits per heavy atom. The first kappa shape index (κ1) is 32.8. The van der Waals surface area contributed by atoms with Gasteiger partial charge in [-0.15, -0.1) is 5.10 Å². The number of benzene rings is 2. The van der Waals surface area contributed by atoms with Gasteiger partial charge >= 0.3 is 0 Å². The van der Waals surface area contributed by atoms with Crippen LogP contribution in [0, 0.1) is 6.92 Å². The van der Waals surface area contributed by atoms with Crippen LogP contribution in [0.3, 0.4) is 0 Å². The summed E-state index contributed by atoms with van der Waals surface area (Å²) < 4.78 is 43.1. The number of aromatic amines is 1. The summed E-state index contributed by atoms with van der Waals surface area (Å²) in [6, 6.07) is 14.9. The normalized spacial score (nSPS) is 14.4. The maximum absolute atomic E-state index is 14.3. The van der Waals surface area contributed by atoms with Crippen molar-refractivity contribution in [1.29, 1.82) is 0 Å². The lowest BCUT2D eigenvalue weighted by Gasteiger charge is -2.28. The van der Waals surface area contributed by atoms with Crippen molar-refractivity contribution in [2.45, 2.75) is 57.8 Å². The van der Waals surface area contributed by atoms with Crippen molar-refractivity contribution in [3.63, 3.8) is 0 Å². The molecule has 45 heavy (non-hydrogen) atoms. The highest BCUT2D eigenvalue weighted by Crippen LogP contribution is 2.31. The van der Waals surface area contributed by atoms with E-state index in [1.807, 2.05) is 32.0 Å². The highest BCUT2D eigenvalue weighted by atomic mass is 32.2. The SMILES string of the molecule is CCCc1nc(C)c2c(=O)[nH]c(-c3cc(S(=O)(=O)N(CCCc4ccccc4)CCCN4CCOCC4)ccc3OCC)nn12. The van der Waals surface area contributed by atoms with Gasteiger partial charge in [0.25, 0.3) is 5.56 Å². The van der Waals surface area contributed by atoms with Crippen molar-refractivity contribution in [2.75, 3.05) is 52.5 Å². The summed E-state index contributed by atoms with van der Waals surface area (Å²) in [6.07, 6.45) is 3.67. The number of hydrogen-bond donors (Lipinski definition) is 1. The van der Waals surface area contributed by atoms with E-state index in [0.717, 1.165) is 32.5 Å². The number of aromatic nitrogens is 4. The van der Waals surface area contributed by atoms with E-state index in [9.17, 15) is 13.2 Å². The van der Waals surface area contributed by atoms with Gasteiger partial charge in [0.1, 0.15) is 11.6 Å². The Labute approximate surface area is 265 Å². The zero-order valence-electron chi connectivity index (χ0n) is 26.5. The highest BCUT2D eigenvalue weighted by molar-refractivity contribution is 7.89. The summed E-state index contributed by atoms with van der Waals surface area (Å²) in [5.74, 6) is 1.35. The van der Waals surface area contributed by atoms with E-state index >= 15 is 0 Å². The molecule has 1 N–H and O–H groups in total. The minimum Gasteiger partial charge on any atom is -0.493 e. The first-order valence-corrected chi connectivity index (χ1v) is 17.4. The molecule has 11 nitrogen and oxygen atoms in total. The van der Waals surface area contributed by atoms with Gasteiger partial charge in [-0.2, -0.15) is 4.31 Å². The van der Waals surface area contributed by atoms with Gasteiger partial charge in [0.05, 0.1) is 36.0 Å². The molecule has 0 aliphatic carbocycles. The van der Waals surface area contributed by atoms with E-state index in [1.165, 1.54) is 5.56 Å². The predicted molar refractivity (Wildman–Crippen MR) is 174 cm³/mol. The number of rotatable bonds is 15. The van der Waals surface area contributed by atoms with E-state index in [1.54, 1.807) is 33.9 Å². The van der Waals surface area contributed by atoms with E-state index in [0.29, 0.717) is 80.5 Å². The number of imidazole rings is 1. The average molecular weight is 637 g/mol. The quantitative estimate of drug-likeness (QED) is 0.207. The highest BCUT2D eigenvalue weighted by Gasteiger charge is 2.27. The largest absolute Gasteiger partial charge is 0.493 e. The molecule has 5 rings (SSSR count). The lowest BCUT2D eigenvalue weighted by molar-refractivity contribution is 0.0369. The molecule has 2 aromatic carbocycles. The number of nitrogens with zero attached hydrogens (tertiary/aromatic N) is 5. The Morgan fingerprint density at radius 3 is 2.51 bits per heavy atom. The third-order valence-corrected chi connectivity index (χ3v) is 9.96. The molecule has 1 saturated heterocycles. The fourth-order valence-corrected chi connectivity index (χ4v) is 7.32. The number of morpholine rings is 1. The second kappa shape index (κ2) is 15.1. The summed E-state index contributed by atoms with van der Waals surface area (Å²) in [5.41, 5.74) is 2.23. The minimum atomic E-state index is -3.89. The minimum absolute atomic E-state index is 0.130. The number of fused-ring (bicyclic) bond motifs is 1. The molecule has 4 aromatic rings. The van der Waals surface area contributed by atoms with Gasteiger partial charge in [0.2, 0.25) is 10.0 Å². The molecule has 0 unspecified atom stereocenters. The van der Waals surface area contributed by atoms with Crippen molar-refractivity contribution in [3.05, 3.63) is 76.0 Å². The molecule has 1 aliphatic heterocycles. The monoisotopic (exact) mass is 636 g/mol. The zero-order valence-corrected chi connectivity index (χ0v) is 27.3. The molecule has 0 atom stereocenters. The summed E-state index contributed by atoms with van der Waals surface area (Å²) in [6.45, 7) is 10.8. The fraction of sp³-hybridized carbons (Fsp3) is 0.485. The van der Waals surface area contributed by atoms with Crippen molar-refractivity contribution < 1.29 is 17.9 Å². The molecule has 0 bridgehead atoms. The Morgan fingerprint density at radius 2 is 1.78 bits per heavy atom. The van der Waals surface area contributed by atoms with E-state index < -0.39 is 10.0 Å². The van der Waals surface area contributed by atoms with Crippen LogP contribution < -0.4 is 10.3 Å². The van der Waals surface area contributed by atoms with Crippen LogP contribution in [0.4, 0.5) is 0 Å². The fourth-order valence-electron chi connectivity index (χ4n) is 5.78. The predicted octanol–water partition coefficient (Wildman–Crippen LogP) is 4.09. The third-order valence-electron chi connectivity index (χ3n) is 8.06. The smallest absolute Gasteiger partial charge is 0.277 e. The molecule has 3 heterocycles. The van der Waals surface area contributed by atoms with Crippen molar-refractivity contribution in [3.8, 4) is 17.1 Å². The molecule has 242 valence electrons. The van der Waals surface area contributed by atoms with E-state index in [-0.39, 0.29) is 16.3 Å². The number of ether oxygens (including phenoxy) is 2. The van der Waals surface area contributed by atoms with Crippen molar-refractivity contribution >= 4 is 15.5 Å². The maximum Gasteiger partial charge on any atom is 0.277 e. The summed E-state index contributed by atoms with van der Waals surface area (Å²) in [7, 11) is -3.89. The summed E-state index contributed by atoms with van der Waals surface area (Å²) >= 11 is 0. The number of sulfonamides is 1. The van der Waals surface area contributed by atoms with Crippen molar-refractivity contribution in [1.82, 2.24) is 28.8 Å². The summed E-state index contributed by atoms with van der Waals surface area (Å²) in [5, 5.41) is 4.74. The summed E-state index contributed by atoms with van der Waals surface area (Å²) in [4.78, 5) is 23.1. The van der Waals surface area contributed by atoms with Gasteiger partial charge in [-0.05, 0) is 69.8 Å². The van der Waals surface area contributed by atoms with Gasteiger partial charge in [-0.25, -0.2) is 17.9 Å². The van der Waals surface area contributed by atoms with Crippen LogP contribution in [0.15, 0.2) is 58.2 Å². The molecular formula is C33H44N6O5S. The van der Waals surface area contributed by atoms with Crippen LogP contribution in [0.1, 0.15) is 50.2 Å². The zero-order chi connectivity index (χ0) is 31.8. The Kier molecular flexibility index (Phi) is 11.0. The molecule has 0 amide bonds. The molecule has 1 aliphatic rings. The third kappa shape index (κ3) is 7.81. The molecular weight excluding hydrogens is 592 g/mol. The standard InChI is InChI=1S/C33H44N6O5S/c1-4-11-30-34-25(3)31-33(40)35-32(36-39(30)31)28-24-27(15-16-29(28)44-5-2)45(41,42)38(18-9-14-26-12-7-6-8-13-26)19-10-17-37-20-22-43-23-21-37/h6-8,12-13,15-16,24H,4-5,9-11,14,17-23H2,1-3H3,(H,35,36,40). The Balaban J connectivity index is 1.47. The first-order valence-electron chi connectivity index (χ1n) is 15.9. The molecule has 0 saturated carbocycles. The van der Waals surface area contributed by atoms with E-state index in [4.69, 9.17) is 14.6 Å². The lowest BCUT2D eigenvalue weighted by atomic mass is 10.1. The number of H-pyrrole nitrogens is 1. The first-order chi connectivity index (χ1) is 21.8. The van der Waals surface area contributed by atoms with Gasteiger partial charge in [0, 0.05) is 32.6 Å². The second-order valence-corrected chi connectivity index (χ2v) is 13.3. The van der Waals surface area contributed by atoms with Gasteiger partial charge < -0.3 is 14.5 Å². The maximum atomic E-state index is 14.3. The van der Waals surface area contributed by atoms with Crippen LogP contribution in [0.25, 0.3) is 16.9 Å². The van der Waals surface area contributed by atoms with Gasteiger partial charge in [-0.1, -0.05) is 37.3 Å². The van der Waals surface area contributed by atoms with Crippen LogP contribution in [0.5, 0.6) is 5.75 Å². The Bertz CT molecular complexity index is 1730. The van der Waals surface area contributed by atoms with Crippen molar-refractivity contribution in [2.24, 2.45) is 0 Å². The van der Waals surface area contributed by atoms with Crippen LogP contribution in [0.2, 0.25) is 0 Å². The van der Waals surface area contributed by atoms with Crippen LogP contribution in [-0.4, -0.2) is 89.7 Å². The van der Waals surface area contributed by atoms with E-state index in [2.05, 4.69) is 27.0 Å². The van der Waals surface area contributed by atoms with Gasteiger partial charge in [0.15, 0.2) is 11.3 Å². The molecule has 12 heteroatoms. The Hall–Kier alpha value is -3.58. The molecule has 0 radical (unpaired) electrons. The topological polar surface area (TPSA) is 122 Å². The lowest BCUT2D eigenvalue weighted by Crippen LogP contribution is -2.39. The number of aryl methyl sites for hydroxylation is 3.